The first kappa shape index (κ1) is 10.0. The minimum atomic E-state index is -0.0903. The summed E-state index contributed by atoms with van der Waals surface area (Å²) in [6.45, 7) is 9.84. The minimum Gasteiger partial charge on any atom is -0.392 e. The lowest BCUT2D eigenvalue weighted by atomic mass is 9.97. The van der Waals surface area contributed by atoms with Crippen LogP contribution < -0.4 is 0 Å². The molecule has 0 aliphatic carbocycles. The van der Waals surface area contributed by atoms with Crippen LogP contribution in [0.15, 0.2) is 0 Å². The van der Waals surface area contributed by atoms with Crippen LogP contribution >= 0.6 is 0 Å². The predicted octanol–water partition coefficient (Wildman–Crippen LogP) is 1.35. The largest absolute Gasteiger partial charge is 0.392 e. The first-order valence-electron chi connectivity index (χ1n) is 4.98. The van der Waals surface area contributed by atoms with Gasteiger partial charge in [0.05, 0.1) is 6.10 Å². The Morgan fingerprint density at radius 1 is 1.42 bits per heavy atom. The molecular formula is C10H21NO. The summed E-state index contributed by atoms with van der Waals surface area (Å²) in [4.78, 5) is 2.38. The minimum absolute atomic E-state index is 0.0903. The Balaban J connectivity index is 2.34. The molecule has 1 saturated heterocycles. The number of aliphatic hydroxyl groups excluding tert-OH is 1. The third kappa shape index (κ3) is 3.11. The SMILES string of the molecule is CC(C)CN1C[C@H](C)C[C@H](O)C1. The van der Waals surface area contributed by atoms with Crippen LogP contribution in [0.1, 0.15) is 27.2 Å². The Labute approximate surface area is 75.6 Å². The van der Waals surface area contributed by atoms with Crippen molar-refractivity contribution in [3.63, 3.8) is 0 Å². The average Bonchev–Trinajstić information content (AvgIpc) is 1.81. The van der Waals surface area contributed by atoms with Crippen LogP contribution in [0.4, 0.5) is 0 Å². The topological polar surface area (TPSA) is 23.5 Å². The first-order chi connectivity index (χ1) is 5.58. The Morgan fingerprint density at radius 3 is 2.58 bits per heavy atom. The van der Waals surface area contributed by atoms with E-state index in [1.807, 2.05) is 0 Å². The predicted molar refractivity (Wildman–Crippen MR) is 51.1 cm³/mol. The van der Waals surface area contributed by atoms with Crippen molar-refractivity contribution in [2.45, 2.75) is 33.3 Å². The van der Waals surface area contributed by atoms with Crippen molar-refractivity contribution in [3.05, 3.63) is 0 Å². The standard InChI is InChI=1S/C10H21NO/c1-8(2)5-11-6-9(3)4-10(12)7-11/h8-10,12H,4-7H2,1-3H3/t9-,10+/m1/s1. The summed E-state index contributed by atoms with van der Waals surface area (Å²) >= 11 is 0. The van der Waals surface area contributed by atoms with Gasteiger partial charge in [-0.05, 0) is 18.3 Å². The third-order valence-corrected chi connectivity index (χ3v) is 2.34. The molecule has 1 N–H and O–H groups in total. The van der Waals surface area contributed by atoms with Gasteiger partial charge >= 0.3 is 0 Å². The van der Waals surface area contributed by atoms with E-state index >= 15 is 0 Å². The molecular weight excluding hydrogens is 150 g/mol. The monoisotopic (exact) mass is 171 g/mol. The number of β-amino-alcohol motifs (C(OH)–C–C–N with tert-alkyl or cyclic N) is 1. The van der Waals surface area contributed by atoms with Crippen molar-refractivity contribution in [3.8, 4) is 0 Å². The summed E-state index contributed by atoms with van der Waals surface area (Å²) in [6, 6.07) is 0. The summed E-state index contributed by atoms with van der Waals surface area (Å²) in [5.74, 6) is 1.37. The van der Waals surface area contributed by atoms with Gasteiger partial charge in [0, 0.05) is 19.6 Å². The van der Waals surface area contributed by atoms with E-state index in [0.29, 0.717) is 11.8 Å². The van der Waals surface area contributed by atoms with Crippen LogP contribution in [0.2, 0.25) is 0 Å². The average molecular weight is 171 g/mol. The summed E-state index contributed by atoms with van der Waals surface area (Å²) in [5, 5.41) is 9.52. The maximum Gasteiger partial charge on any atom is 0.0670 e. The van der Waals surface area contributed by atoms with E-state index in [1.165, 1.54) is 0 Å². The van der Waals surface area contributed by atoms with E-state index in [-0.39, 0.29) is 6.10 Å². The van der Waals surface area contributed by atoms with Gasteiger partial charge < -0.3 is 10.0 Å². The van der Waals surface area contributed by atoms with Gasteiger partial charge in [0.25, 0.3) is 0 Å². The van der Waals surface area contributed by atoms with Gasteiger partial charge in [0.15, 0.2) is 0 Å². The highest BCUT2D eigenvalue weighted by molar-refractivity contribution is 4.76. The van der Waals surface area contributed by atoms with Crippen LogP contribution in [0.3, 0.4) is 0 Å². The van der Waals surface area contributed by atoms with Crippen LogP contribution in [-0.4, -0.2) is 35.7 Å². The Hall–Kier alpha value is -0.0800. The second kappa shape index (κ2) is 4.24. The maximum absolute atomic E-state index is 9.52. The molecule has 0 aromatic carbocycles. The molecule has 2 atom stereocenters. The van der Waals surface area contributed by atoms with Gasteiger partial charge in [0.1, 0.15) is 0 Å². The number of likely N-dealkylation sites (tertiary alicyclic amines) is 1. The van der Waals surface area contributed by atoms with E-state index in [2.05, 4.69) is 25.7 Å². The zero-order valence-electron chi connectivity index (χ0n) is 8.45. The van der Waals surface area contributed by atoms with Crippen molar-refractivity contribution in [2.75, 3.05) is 19.6 Å². The van der Waals surface area contributed by atoms with E-state index in [1.54, 1.807) is 0 Å². The zero-order valence-corrected chi connectivity index (χ0v) is 8.45. The number of piperidine rings is 1. The molecule has 12 heavy (non-hydrogen) atoms. The Bertz CT molecular complexity index is 123. The van der Waals surface area contributed by atoms with E-state index in [4.69, 9.17) is 0 Å². The number of nitrogens with zero attached hydrogens (tertiary/aromatic N) is 1. The van der Waals surface area contributed by atoms with Crippen LogP contribution in [0.25, 0.3) is 0 Å². The molecule has 72 valence electrons. The van der Waals surface area contributed by atoms with Crippen molar-refractivity contribution in [2.24, 2.45) is 11.8 Å². The highest BCUT2D eigenvalue weighted by atomic mass is 16.3. The van der Waals surface area contributed by atoms with Crippen molar-refractivity contribution < 1.29 is 5.11 Å². The maximum atomic E-state index is 9.52. The summed E-state index contributed by atoms with van der Waals surface area (Å²) in [5.41, 5.74) is 0. The molecule has 2 heteroatoms. The second-order valence-corrected chi connectivity index (χ2v) is 4.61. The normalized spacial score (nSPS) is 32.8. The fourth-order valence-electron chi connectivity index (χ4n) is 2.09. The molecule has 0 radical (unpaired) electrons. The Morgan fingerprint density at radius 2 is 2.08 bits per heavy atom. The lowest BCUT2D eigenvalue weighted by Crippen LogP contribution is -2.43. The molecule has 1 aliphatic rings. The van der Waals surface area contributed by atoms with Crippen molar-refractivity contribution >= 4 is 0 Å². The van der Waals surface area contributed by atoms with Gasteiger partial charge in [-0.2, -0.15) is 0 Å². The number of aliphatic hydroxyl groups is 1. The quantitative estimate of drug-likeness (QED) is 0.678. The van der Waals surface area contributed by atoms with Gasteiger partial charge in [0.2, 0.25) is 0 Å². The fourth-order valence-corrected chi connectivity index (χ4v) is 2.09. The molecule has 0 spiro atoms. The van der Waals surface area contributed by atoms with Crippen LogP contribution in [-0.2, 0) is 0 Å². The molecule has 0 amide bonds. The van der Waals surface area contributed by atoms with Gasteiger partial charge in [-0.15, -0.1) is 0 Å². The third-order valence-electron chi connectivity index (χ3n) is 2.34. The van der Waals surface area contributed by atoms with Gasteiger partial charge in [-0.3, -0.25) is 0 Å². The van der Waals surface area contributed by atoms with Crippen molar-refractivity contribution in [1.82, 2.24) is 4.90 Å². The molecule has 0 unspecified atom stereocenters. The summed E-state index contributed by atoms with van der Waals surface area (Å²) in [6.07, 6.45) is 0.890. The second-order valence-electron chi connectivity index (χ2n) is 4.61. The molecule has 0 saturated carbocycles. The lowest BCUT2D eigenvalue weighted by Gasteiger charge is -2.35. The molecule has 0 aromatic heterocycles. The van der Waals surface area contributed by atoms with Crippen LogP contribution in [0, 0.1) is 11.8 Å². The van der Waals surface area contributed by atoms with E-state index in [0.717, 1.165) is 26.1 Å². The summed E-state index contributed by atoms with van der Waals surface area (Å²) < 4.78 is 0. The molecule has 1 rings (SSSR count). The van der Waals surface area contributed by atoms with Crippen molar-refractivity contribution in [1.29, 1.82) is 0 Å². The smallest absolute Gasteiger partial charge is 0.0670 e. The summed E-state index contributed by atoms with van der Waals surface area (Å²) in [7, 11) is 0. The zero-order chi connectivity index (χ0) is 9.14. The Kier molecular flexibility index (Phi) is 3.53. The van der Waals surface area contributed by atoms with E-state index < -0.39 is 0 Å². The fraction of sp³-hybridized carbons (Fsp3) is 1.00. The molecule has 1 aliphatic heterocycles. The highest BCUT2D eigenvalue weighted by Crippen LogP contribution is 2.16. The van der Waals surface area contributed by atoms with Gasteiger partial charge in [-0.25, -0.2) is 0 Å². The first-order valence-corrected chi connectivity index (χ1v) is 4.98. The molecule has 2 nitrogen and oxygen atoms in total. The van der Waals surface area contributed by atoms with Gasteiger partial charge in [-0.1, -0.05) is 20.8 Å². The van der Waals surface area contributed by atoms with Crippen LogP contribution in [0.5, 0.6) is 0 Å². The van der Waals surface area contributed by atoms with E-state index in [9.17, 15) is 5.11 Å². The highest BCUT2D eigenvalue weighted by Gasteiger charge is 2.22. The molecule has 1 heterocycles. The lowest BCUT2D eigenvalue weighted by molar-refractivity contribution is 0.0393. The molecule has 0 bridgehead atoms. The number of hydrogen-bond donors (Lipinski definition) is 1. The number of rotatable bonds is 2. The molecule has 1 fully saturated rings. The molecule has 0 aromatic rings. The number of hydrogen-bond acceptors (Lipinski definition) is 2.